The van der Waals surface area contributed by atoms with Crippen LogP contribution in [0.25, 0.3) is 0 Å². The zero-order valence-electron chi connectivity index (χ0n) is 20.1. The van der Waals surface area contributed by atoms with Gasteiger partial charge in [-0.05, 0) is 49.6 Å². The lowest BCUT2D eigenvalue weighted by atomic mass is 9.84. The second-order valence-corrected chi connectivity index (χ2v) is 8.44. The van der Waals surface area contributed by atoms with Crippen LogP contribution >= 0.6 is 11.6 Å². The number of piperidine rings is 1. The van der Waals surface area contributed by atoms with Crippen LogP contribution in [0.5, 0.6) is 5.75 Å². The van der Waals surface area contributed by atoms with E-state index in [9.17, 15) is 8.78 Å². The van der Waals surface area contributed by atoms with Crippen molar-refractivity contribution in [3.63, 3.8) is 0 Å². The third-order valence-corrected chi connectivity index (χ3v) is 6.33. The van der Waals surface area contributed by atoms with Crippen LogP contribution in [-0.2, 0) is 11.3 Å². The predicted octanol–water partition coefficient (Wildman–Crippen LogP) is 6.49. The number of ether oxygens (including phenoxy) is 2. The molecule has 2 saturated heterocycles. The number of pyridine rings is 1. The van der Waals surface area contributed by atoms with E-state index < -0.39 is 12.2 Å². The van der Waals surface area contributed by atoms with Gasteiger partial charge in [-0.25, -0.2) is 0 Å². The monoisotopic (exact) mass is 491 g/mol. The first-order chi connectivity index (χ1) is 16.4. The summed E-state index contributed by atoms with van der Waals surface area (Å²) in [4.78, 5) is 11.5. The van der Waals surface area contributed by atoms with Crippen molar-refractivity contribution < 1.29 is 18.3 Å². The fourth-order valence-electron chi connectivity index (χ4n) is 4.60. The predicted molar refractivity (Wildman–Crippen MR) is 132 cm³/mol. The molecule has 2 aromatic rings. The maximum Gasteiger partial charge on any atom is 0.387 e. The Morgan fingerprint density at radius 2 is 1.91 bits per heavy atom. The molecule has 1 spiro atoms. The van der Waals surface area contributed by atoms with E-state index in [-0.39, 0.29) is 11.9 Å². The maximum absolute atomic E-state index is 12.3. The largest absolute Gasteiger partial charge is 0.435 e. The molecule has 5 nitrogen and oxygen atoms in total. The van der Waals surface area contributed by atoms with Gasteiger partial charge in [-0.15, -0.1) is 0 Å². The zero-order valence-corrected chi connectivity index (χ0v) is 20.9. The molecule has 0 N–H and O–H groups in total. The molecular weight excluding hydrogens is 460 g/mol. The van der Waals surface area contributed by atoms with Gasteiger partial charge < -0.3 is 9.47 Å². The van der Waals surface area contributed by atoms with Crippen LogP contribution in [0.2, 0.25) is 5.02 Å². The summed E-state index contributed by atoms with van der Waals surface area (Å²) < 4.78 is 35.8. The van der Waals surface area contributed by atoms with Crippen molar-refractivity contribution in [1.82, 2.24) is 9.88 Å². The summed E-state index contributed by atoms with van der Waals surface area (Å²) in [5.74, 6) is 0.170. The number of halogens is 3. The molecule has 2 aliphatic heterocycles. The SMILES string of the molecule is C/C=C1\C(=NC)C2(CCN(Cc3ccc(OC(F)F)cc3)CC2)OC1c1cc(Cl)ccn1.CC. The topological polar surface area (TPSA) is 47.0 Å². The van der Waals surface area contributed by atoms with E-state index in [1.54, 1.807) is 24.4 Å². The van der Waals surface area contributed by atoms with Gasteiger partial charge in [0.05, 0.1) is 11.4 Å². The third-order valence-electron chi connectivity index (χ3n) is 6.10. The number of aromatic nitrogens is 1. The van der Waals surface area contributed by atoms with Crippen LogP contribution in [0.1, 0.15) is 51.0 Å². The average molecular weight is 492 g/mol. The Bertz CT molecular complexity index is 1000. The summed E-state index contributed by atoms with van der Waals surface area (Å²) in [6.45, 7) is 5.59. The average Bonchev–Trinajstić information content (AvgIpc) is 3.15. The summed E-state index contributed by atoms with van der Waals surface area (Å²) in [5.41, 5.74) is 3.42. The van der Waals surface area contributed by atoms with Gasteiger partial charge in [0.15, 0.2) is 0 Å². The summed E-state index contributed by atoms with van der Waals surface area (Å²) >= 11 is 6.20. The highest BCUT2D eigenvalue weighted by Gasteiger charge is 2.50. The number of nitrogens with zero attached hydrogens (tertiary/aromatic N) is 3. The Morgan fingerprint density at radius 3 is 2.47 bits per heavy atom. The fourth-order valence-corrected chi connectivity index (χ4v) is 4.77. The number of allylic oxidation sites excluding steroid dienone is 1. The first-order valence-corrected chi connectivity index (χ1v) is 12.0. The lowest BCUT2D eigenvalue weighted by Crippen LogP contribution is -2.48. The first kappa shape index (κ1) is 26.3. The van der Waals surface area contributed by atoms with Crippen molar-refractivity contribution in [3.8, 4) is 5.75 Å². The highest BCUT2D eigenvalue weighted by Crippen LogP contribution is 2.46. The van der Waals surface area contributed by atoms with Crippen molar-refractivity contribution in [2.75, 3.05) is 20.1 Å². The van der Waals surface area contributed by atoms with Crippen LogP contribution in [0.3, 0.4) is 0 Å². The molecule has 3 heterocycles. The van der Waals surface area contributed by atoms with Crippen LogP contribution in [-0.4, -0.2) is 47.9 Å². The number of rotatable bonds is 5. The van der Waals surface area contributed by atoms with Crippen LogP contribution in [0, 0.1) is 0 Å². The quantitative estimate of drug-likeness (QED) is 0.480. The van der Waals surface area contributed by atoms with E-state index in [1.165, 1.54) is 0 Å². The zero-order chi connectivity index (χ0) is 24.7. The summed E-state index contributed by atoms with van der Waals surface area (Å²) in [5, 5.41) is 0.629. The van der Waals surface area contributed by atoms with Gasteiger partial charge in [0, 0.05) is 43.5 Å². The molecule has 2 aliphatic rings. The van der Waals surface area contributed by atoms with Gasteiger partial charge in [-0.2, -0.15) is 8.78 Å². The van der Waals surface area contributed by atoms with Crippen molar-refractivity contribution in [3.05, 3.63) is 70.5 Å². The number of hydrogen-bond donors (Lipinski definition) is 0. The van der Waals surface area contributed by atoms with Crippen molar-refractivity contribution >= 4 is 17.3 Å². The Balaban J connectivity index is 0.00000158. The van der Waals surface area contributed by atoms with Gasteiger partial charge in [0.1, 0.15) is 17.5 Å². The van der Waals surface area contributed by atoms with Crippen LogP contribution < -0.4 is 4.74 Å². The molecule has 4 rings (SSSR count). The molecule has 34 heavy (non-hydrogen) atoms. The number of benzene rings is 1. The summed E-state index contributed by atoms with van der Waals surface area (Å²) in [6, 6.07) is 10.4. The fraction of sp³-hybridized carbons (Fsp3) is 0.462. The van der Waals surface area contributed by atoms with E-state index in [0.717, 1.165) is 55.0 Å². The van der Waals surface area contributed by atoms with E-state index >= 15 is 0 Å². The maximum atomic E-state index is 12.3. The standard InChI is InChI=1S/C24H26ClF2N3O2.C2H6/c1-3-19-21(20-14-17(25)8-11-29-20)32-24(22(19)28-2)9-12-30(13-10-24)15-16-4-6-18(7-5-16)31-23(26)27;1-2/h3-8,11,14,21,23H,9-10,12-13,15H2,1-2H3;1-2H3/b19-3-,28-22?;. The third kappa shape index (κ3) is 5.82. The molecular formula is C26H32ClF2N3O2. The van der Waals surface area contributed by atoms with Gasteiger partial charge in [0.2, 0.25) is 0 Å². The van der Waals surface area contributed by atoms with Gasteiger partial charge in [-0.3, -0.25) is 14.9 Å². The molecule has 184 valence electrons. The second-order valence-electron chi connectivity index (χ2n) is 8.01. The van der Waals surface area contributed by atoms with Crippen molar-refractivity contribution in [2.45, 2.75) is 58.5 Å². The van der Waals surface area contributed by atoms with Crippen LogP contribution in [0.4, 0.5) is 8.78 Å². The van der Waals surface area contributed by atoms with Crippen molar-refractivity contribution in [2.24, 2.45) is 4.99 Å². The molecule has 2 fully saturated rings. The molecule has 0 amide bonds. The molecule has 1 aromatic heterocycles. The Kier molecular flexibility index (Phi) is 9.17. The highest BCUT2D eigenvalue weighted by molar-refractivity contribution is 6.30. The Hall–Kier alpha value is -2.35. The molecule has 0 bridgehead atoms. The highest BCUT2D eigenvalue weighted by atomic mass is 35.5. The van der Waals surface area contributed by atoms with E-state index in [0.29, 0.717) is 5.02 Å². The Labute approximate surface area is 205 Å². The van der Waals surface area contributed by atoms with Gasteiger partial charge in [0.25, 0.3) is 0 Å². The first-order valence-electron chi connectivity index (χ1n) is 11.6. The normalized spacial score (nSPS) is 22.3. The minimum Gasteiger partial charge on any atom is -0.435 e. The lowest BCUT2D eigenvalue weighted by Gasteiger charge is -2.39. The lowest BCUT2D eigenvalue weighted by molar-refractivity contribution is -0.0502. The van der Waals surface area contributed by atoms with E-state index in [4.69, 9.17) is 16.3 Å². The molecule has 1 aromatic carbocycles. The molecule has 1 unspecified atom stereocenters. The number of hydrogen-bond acceptors (Lipinski definition) is 5. The molecule has 0 aliphatic carbocycles. The van der Waals surface area contributed by atoms with Gasteiger partial charge in [-0.1, -0.05) is 43.7 Å². The molecule has 1 atom stereocenters. The Morgan fingerprint density at radius 1 is 1.24 bits per heavy atom. The summed E-state index contributed by atoms with van der Waals surface area (Å²) in [7, 11) is 1.81. The number of likely N-dealkylation sites (tertiary alicyclic amines) is 1. The number of alkyl halides is 2. The number of aliphatic imine (C=N–C) groups is 1. The summed E-state index contributed by atoms with van der Waals surface area (Å²) in [6.07, 6.45) is 5.08. The second kappa shape index (κ2) is 11.9. The minimum absolute atomic E-state index is 0.170. The van der Waals surface area contributed by atoms with Crippen molar-refractivity contribution in [1.29, 1.82) is 0 Å². The molecule has 0 radical (unpaired) electrons. The molecule has 0 saturated carbocycles. The smallest absolute Gasteiger partial charge is 0.387 e. The molecule has 8 heteroatoms. The van der Waals surface area contributed by atoms with Crippen LogP contribution in [0.15, 0.2) is 59.2 Å². The minimum atomic E-state index is -2.81. The van der Waals surface area contributed by atoms with Gasteiger partial charge >= 0.3 is 6.61 Å². The van der Waals surface area contributed by atoms with E-state index in [2.05, 4.69) is 25.7 Å². The van der Waals surface area contributed by atoms with E-state index in [1.807, 2.05) is 46.0 Å².